The molecule has 1 unspecified atom stereocenters. The maximum Gasteiger partial charge on any atom is 0.124 e. The highest BCUT2D eigenvalue weighted by Gasteiger charge is 2.30. The number of hydrogen-bond acceptors (Lipinski definition) is 3. The van der Waals surface area contributed by atoms with Crippen molar-refractivity contribution in [3.63, 3.8) is 0 Å². The number of para-hydroxylation sites is 1. The van der Waals surface area contributed by atoms with E-state index in [1.54, 1.807) is 0 Å². The van der Waals surface area contributed by atoms with E-state index in [-0.39, 0.29) is 11.0 Å². The summed E-state index contributed by atoms with van der Waals surface area (Å²) >= 11 is 0. The largest absolute Gasteiger partial charge is 0.493 e. The van der Waals surface area contributed by atoms with Crippen LogP contribution in [0.25, 0.3) is 0 Å². The second-order valence-corrected chi connectivity index (χ2v) is 9.44. The molecule has 0 aromatic heterocycles. The molecule has 1 saturated heterocycles. The van der Waals surface area contributed by atoms with Crippen LogP contribution in [0.4, 0.5) is 0 Å². The number of rotatable bonds is 5. The zero-order valence-corrected chi connectivity index (χ0v) is 16.6. The summed E-state index contributed by atoms with van der Waals surface area (Å²) in [4.78, 5) is 2.57. The third-order valence-electron chi connectivity index (χ3n) is 4.43. The molecule has 1 fully saturated rings. The molecule has 0 bridgehead atoms. The number of ether oxygens (including phenoxy) is 1. The molecule has 0 amide bonds. The second-order valence-electron chi connectivity index (χ2n) is 9.44. The van der Waals surface area contributed by atoms with Gasteiger partial charge < -0.3 is 10.1 Å². The van der Waals surface area contributed by atoms with Crippen LogP contribution in [0, 0.1) is 5.41 Å². The topological polar surface area (TPSA) is 24.5 Å². The average Bonchev–Trinajstić information content (AvgIpc) is 2.90. The Balaban J connectivity index is 2.04. The zero-order chi connectivity index (χ0) is 18.0. The van der Waals surface area contributed by atoms with Gasteiger partial charge in [-0.1, -0.05) is 39.0 Å². The van der Waals surface area contributed by atoms with Crippen molar-refractivity contribution < 1.29 is 4.74 Å². The summed E-state index contributed by atoms with van der Waals surface area (Å²) in [6, 6.07) is 9.48. The molecule has 3 heteroatoms. The first kappa shape index (κ1) is 19.3. The van der Waals surface area contributed by atoms with Gasteiger partial charge in [-0.3, -0.25) is 4.90 Å². The Hall–Kier alpha value is -1.06. The number of nitrogens with zero attached hydrogens (tertiary/aromatic N) is 1. The molecule has 1 aromatic rings. The molecule has 0 aliphatic carbocycles. The molecule has 3 nitrogen and oxygen atoms in total. The van der Waals surface area contributed by atoms with Gasteiger partial charge in [0.15, 0.2) is 0 Å². The van der Waals surface area contributed by atoms with Gasteiger partial charge in [-0.05, 0) is 45.6 Å². The van der Waals surface area contributed by atoms with Crippen LogP contribution in [0.3, 0.4) is 0 Å². The second kappa shape index (κ2) is 7.45. The minimum absolute atomic E-state index is 0.172. The van der Waals surface area contributed by atoms with Gasteiger partial charge in [0.05, 0.1) is 6.61 Å². The fourth-order valence-electron chi connectivity index (χ4n) is 3.32. The van der Waals surface area contributed by atoms with E-state index in [9.17, 15) is 0 Å². The van der Waals surface area contributed by atoms with Crippen molar-refractivity contribution >= 4 is 0 Å². The van der Waals surface area contributed by atoms with E-state index in [1.165, 1.54) is 12.0 Å². The first-order valence-corrected chi connectivity index (χ1v) is 9.29. The van der Waals surface area contributed by atoms with Crippen molar-refractivity contribution in [1.82, 2.24) is 10.2 Å². The van der Waals surface area contributed by atoms with Gasteiger partial charge in [0.25, 0.3) is 0 Å². The highest BCUT2D eigenvalue weighted by molar-refractivity contribution is 5.36. The number of nitrogens with one attached hydrogen (secondary N) is 1. The summed E-state index contributed by atoms with van der Waals surface area (Å²) < 4.78 is 6.15. The summed E-state index contributed by atoms with van der Waals surface area (Å²) in [6.45, 7) is 18.7. The molecule has 1 aromatic carbocycles. The minimum Gasteiger partial charge on any atom is -0.493 e. The number of likely N-dealkylation sites (tertiary alicyclic amines) is 1. The molecule has 24 heavy (non-hydrogen) atoms. The smallest absolute Gasteiger partial charge is 0.124 e. The molecule has 1 heterocycles. The molecule has 1 aliphatic heterocycles. The Kier molecular flexibility index (Phi) is 5.98. The predicted molar refractivity (Wildman–Crippen MR) is 103 cm³/mol. The minimum atomic E-state index is 0.172. The number of hydrogen-bond donors (Lipinski definition) is 1. The lowest BCUT2D eigenvalue weighted by molar-refractivity contribution is 0.188. The van der Waals surface area contributed by atoms with E-state index in [0.717, 1.165) is 25.4 Å². The molecule has 2 rings (SSSR count). The maximum atomic E-state index is 6.15. The van der Waals surface area contributed by atoms with Crippen LogP contribution in [-0.4, -0.2) is 36.2 Å². The van der Waals surface area contributed by atoms with Crippen LogP contribution in [0.5, 0.6) is 5.75 Å². The highest BCUT2D eigenvalue weighted by atomic mass is 16.5. The van der Waals surface area contributed by atoms with Crippen molar-refractivity contribution in [3.05, 3.63) is 29.8 Å². The third-order valence-corrected chi connectivity index (χ3v) is 4.43. The van der Waals surface area contributed by atoms with Crippen molar-refractivity contribution in [2.24, 2.45) is 5.41 Å². The van der Waals surface area contributed by atoms with Gasteiger partial charge in [0.2, 0.25) is 0 Å². The molecule has 0 radical (unpaired) electrons. The first-order valence-electron chi connectivity index (χ1n) is 9.29. The molecule has 1 N–H and O–H groups in total. The Morgan fingerprint density at radius 3 is 2.46 bits per heavy atom. The molecular weight excluding hydrogens is 296 g/mol. The number of benzene rings is 1. The van der Waals surface area contributed by atoms with Crippen molar-refractivity contribution in [2.45, 2.75) is 72.5 Å². The summed E-state index contributed by atoms with van der Waals surface area (Å²) in [5.41, 5.74) is 1.65. The molecular formula is C21H36N2O. The lowest BCUT2D eigenvalue weighted by Crippen LogP contribution is -2.45. The standard InChI is InChI=1S/C21H36N2O/c1-16(23-13-12-17(14-23)22-21(5,6)7)18-10-8-9-11-19(18)24-15-20(2,3)4/h8-11,16-17,22H,12-15H2,1-7H3/t16?,17-/m1/s1. The quantitative estimate of drug-likeness (QED) is 0.850. The van der Waals surface area contributed by atoms with E-state index < -0.39 is 0 Å². The third kappa shape index (κ3) is 5.78. The maximum absolute atomic E-state index is 6.15. The van der Waals surface area contributed by atoms with Crippen LogP contribution in [-0.2, 0) is 0 Å². The predicted octanol–water partition coefficient (Wildman–Crippen LogP) is 4.63. The lowest BCUT2D eigenvalue weighted by Gasteiger charge is -2.29. The normalized spacial score (nSPS) is 21.0. The Morgan fingerprint density at radius 1 is 1.17 bits per heavy atom. The Labute approximate surface area is 148 Å². The van der Waals surface area contributed by atoms with Crippen LogP contribution < -0.4 is 10.1 Å². The van der Waals surface area contributed by atoms with Gasteiger partial charge in [0.1, 0.15) is 5.75 Å². The van der Waals surface area contributed by atoms with Crippen LogP contribution in [0.2, 0.25) is 0 Å². The molecule has 2 atom stereocenters. The molecule has 136 valence electrons. The summed E-state index contributed by atoms with van der Waals surface area (Å²) in [5, 5.41) is 3.74. The van der Waals surface area contributed by atoms with Gasteiger partial charge in [-0.25, -0.2) is 0 Å². The van der Waals surface area contributed by atoms with Crippen molar-refractivity contribution in [2.75, 3.05) is 19.7 Å². The zero-order valence-electron chi connectivity index (χ0n) is 16.6. The van der Waals surface area contributed by atoms with E-state index in [2.05, 4.69) is 82.9 Å². The van der Waals surface area contributed by atoms with Crippen molar-refractivity contribution in [1.29, 1.82) is 0 Å². The van der Waals surface area contributed by atoms with Crippen LogP contribution >= 0.6 is 0 Å². The molecule has 0 spiro atoms. The van der Waals surface area contributed by atoms with Gasteiger partial charge in [0, 0.05) is 36.3 Å². The van der Waals surface area contributed by atoms with E-state index in [0.29, 0.717) is 12.1 Å². The SMILES string of the molecule is CC(c1ccccc1OCC(C)(C)C)N1CC[C@@H](NC(C)(C)C)C1. The van der Waals surface area contributed by atoms with E-state index in [1.807, 2.05) is 0 Å². The Morgan fingerprint density at radius 2 is 1.83 bits per heavy atom. The fraction of sp³-hybridized carbons (Fsp3) is 0.714. The molecule has 1 aliphatic rings. The highest BCUT2D eigenvalue weighted by Crippen LogP contribution is 2.32. The monoisotopic (exact) mass is 332 g/mol. The van der Waals surface area contributed by atoms with Gasteiger partial charge in [-0.15, -0.1) is 0 Å². The van der Waals surface area contributed by atoms with Crippen molar-refractivity contribution in [3.8, 4) is 5.75 Å². The van der Waals surface area contributed by atoms with E-state index in [4.69, 9.17) is 4.74 Å². The lowest BCUT2D eigenvalue weighted by atomic mass is 9.98. The summed E-state index contributed by atoms with van der Waals surface area (Å²) in [7, 11) is 0. The van der Waals surface area contributed by atoms with Gasteiger partial charge in [-0.2, -0.15) is 0 Å². The first-order chi connectivity index (χ1) is 11.1. The van der Waals surface area contributed by atoms with Gasteiger partial charge >= 0.3 is 0 Å². The summed E-state index contributed by atoms with van der Waals surface area (Å²) in [5.74, 6) is 1.03. The van der Waals surface area contributed by atoms with Crippen LogP contribution in [0.15, 0.2) is 24.3 Å². The van der Waals surface area contributed by atoms with E-state index >= 15 is 0 Å². The summed E-state index contributed by atoms with van der Waals surface area (Å²) in [6.07, 6.45) is 1.21. The average molecular weight is 333 g/mol. The fourth-order valence-corrected chi connectivity index (χ4v) is 3.32. The molecule has 0 saturated carbocycles. The van der Waals surface area contributed by atoms with Crippen LogP contribution in [0.1, 0.15) is 66.5 Å². The Bertz CT molecular complexity index is 527.